The molecular weight excluding hydrogens is 366 g/mol. The molecular formula is C27H32N3-. The Labute approximate surface area is 181 Å². The highest BCUT2D eigenvalue weighted by atomic mass is 15.5. The average Bonchev–Trinajstić information content (AvgIpc) is 2.79. The normalized spacial score (nSPS) is 11.4. The molecule has 3 rings (SSSR count). The zero-order valence-electron chi connectivity index (χ0n) is 18.6. The number of hydrogen-bond acceptors (Lipinski definition) is 3. The van der Waals surface area contributed by atoms with Crippen molar-refractivity contribution in [3.63, 3.8) is 0 Å². The van der Waals surface area contributed by atoms with E-state index in [0.29, 0.717) is 0 Å². The van der Waals surface area contributed by atoms with Gasteiger partial charge in [-0.05, 0) is 62.6 Å². The van der Waals surface area contributed by atoms with Crippen LogP contribution in [-0.2, 0) is 6.42 Å². The maximum absolute atomic E-state index is 5.00. The summed E-state index contributed by atoms with van der Waals surface area (Å²) in [6.45, 7) is 14.6. The Bertz CT molecular complexity index is 950. The van der Waals surface area contributed by atoms with Crippen molar-refractivity contribution >= 4 is 22.8 Å². The molecule has 0 aliphatic rings. The van der Waals surface area contributed by atoms with Crippen molar-refractivity contribution in [2.24, 2.45) is 5.10 Å². The highest BCUT2D eigenvalue weighted by molar-refractivity contribution is 6.00. The zero-order chi connectivity index (χ0) is 21.5. The van der Waals surface area contributed by atoms with Crippen LogP contribution in [0.3, 0.4) is 0 Å². The monoisotopic (exact) mass is 398 g/mol. The highest BCUT2D eigenvalue weighted by Crippen LogP contribution is 2.27. The molecule has 0 amide bonds. The minimum Gasteiger partial charge on any atom is -0.372 e. The lowest BCUT2D eigenvalue weighted by molar-refractivity contribution is 0.866. The van der Waals surface area contributed by atoms with Crippen molar-refractivity contribution in [1.82, 2.24) is 0 Å². The first-order valence-corrected chi connectivity index (χ1v) is 10.8. The molecule has 3 aromatic carbocycles. The predicted molar refractivity (Wildman–Crippen MR) is 131 cm³/mol. The first-order valence-electron chi connectivity index (χ1n) is 10.8. The first-order chi connectivity index (χ1) is 14.5. The minimum atomic E-state index is 0.972. The van der Waals surface area contributed by atoms with Gasteiger partial charge in [-0.25, -0.2) is 5.01 Å². The van der Waals surface area contributed by atoms with Crippen LogP contribution in [0, 0.1) is 6.92 Å². The van der Waals surface area contributed by atoms with Crippen LogP contribution >= 0.6 is 0 Å². The van der Waals surface area contributed by atoms with E-state index in [0.717, 1.165) is 47.7 Å². The van der Waals surface area contributed by atoms with Gasteiger partial charge in [-0.1, -0.05) is 43.3 Å². The third kappa shape index (κ3) is 5.04. The van der Waals surface area contributed by atoms with E-state index in [1.807, 2.05) is 17.1 Å². The SMILES string of the molecule is [CH2-]c1ccc(N(/N=C(/C)c2ccc(N(CC)CC)cc2)c2ccc(CC)cc2)cc1. The molecule has 0 atom stereocenters. The molecule has 0 unspecified atom stereocenters. The van der Waals surface area contributed by atoms with Crippen molar-refractivity contribution in [1.29, 1.82) is 0 Å². The van der Waals surface area contributed by atoms with E-state index < -0.39 is 0 Å². The van der Waals surface area contributed by atoms with Gasteiger partial charge in [0.25, 0.3) is 0 Å². The lowest BCUT2D eigenvalue weighted by Crippen LogP contribution is -2.21. The van der Waals surface area contributed by atoms with Crippen LogP contribution in [0.15, 0.2) is 77.9 Å². The van der Waals surface area contributed by atoms with Gasteiger partial charge in [0.05, 0.1) is 11.4 Å². The Balaban J connectivity index is 1.96. The standard InChI is InChI=1S/C27H32N3/c1-6-23-11-17-27(18-12-23)30(26-15-9-21(4)10-16-26)28-22(5)24-13-19-25(20-14-24)29(7-2)8-3/h9-20H,4,6-8H2,1-3,5H3/q-1/b28-22-. The summed E-state index contributed by atoms with van der Waals surface area (Å²) in [5.74, 6) is 0. The molecule has 0 spiro atoms. The molecule has 0 fully saturated rings. The van der Waals surface area contributed by atoms with Crippen molar-refractivity contribution in [2.75, 3.05) is 23.0 Å². The van der Waals surface area contributed by atoms with Crippen LogP contribution in [0.5, 0.6) is 0 Å². The summed E-state index contributed by atoms with van der Waals surface area (Å²) in [5, 5.41) is 7.01. The molecule has 0 aliphatic heterocycles. The minimum absolute atomic E-state index is 0.972. The van der Waals surface area contributed by atoms with E-state index in [9.17, 15) is 0 Å². The van der Waals surface area contributed by atoms with Gasteiger partial charge in [-0.3, -0.25) is 0 Å². The zero-order valence-corrected chi connectivity index (χ0v) is 18.6. The fraction of sp³-hybridized carbons (Fsp3) is 0.259. The number of anilines is 3. The Morgan fingerprint density at radius 3 is 1.73 bits per heavy atom. The molecule has 0 aromatic heterocycles. The van der Waals surface area contributed by atoms with Gasteiger partial charge < -0.3 is 4.90 Å². The fourth-order valence-corrected chi connectivity index (χ4v) is 3.48. The Morgan fingerprint density at radius 1 is 0.733 bits per heavy atom. The van der Waals surface area contributed by atoms with Crippen LogP contribution in [-0.4, -0.2) is 18.8 Å². The van der Waals surface area contributed by atoms with Crippen molar-refractivity contribution < 1.29 is 0 Å². The number of rotatable bonds is 8. The summed E-state index contributed by atoms with van der Waals surface area (Å²) in [6, 6.07) is 25.5. The van der Waals surface area contributed by atoms with Gasteiger partial charge in [0.15, 0.2) is 0 Å². The van der Waals surface area contributed by atoms with Crippen LogP contribution in [0.25, 0.3) is 0 Å². The molecule has 0 heterocycles. The molecule has 0 bridgehead atoms. The molecule has 3 aromatic rings. The van der Waals surface area contributed by atoms with Crippen LogP contribution < -0.4 is 9.91 Å². The second kappa shape index (κ2) is 10.0. The fourth-order valence-electron chi connectivity index (χ4n) is 3.48. The number of benzene rings is 3. The summed E-state index contributed by atoms with van der Waals surface area (Å²) < 4.78 is 0. The number of hydrazone groups is 1. The molecule has 156 valence electrons. The summed E-state index contributed by atoms with van der Waals surface area (Å²) in [5.41, 5.74) is 7.71. The van der Waals surface area contributed by atoms with Crippen LogP contribution in [0.1, 0.15) is 44.4 Å². The third-order valence-corrected chi connectivity index (χ3v) is 5.43. The topological polar surface area (TPSA) is 18.8 Å². The van der Waals surface area contributed by atoms with E-state index in [1.54, 1.807) is 0 Å². The molecule has 0 saturated heterocycles. The van der Waals surface area contributed by atoms with E-state index >= 15 is 0 Å². The van der Waals surface area contributed by atoms with Crippen molar-refractivity contribution in [3.05, 3.63) is 96.4 Å². The summed E-state index contributed by atoms with van der Waals surface area (Å²) in [6.07, 6.45) is 1.03. The molecule has 0 N–H and O–H groups in total. The predicted octanol–water partition coefficient (Wildman–Crippen LogP) is 6.84. The van der Waals surface area contributed by atoms with Gasteiger partial charge in [0.1, 0.15) is 0 Å². The number of hydrogen-bond donors (Lipinski definition) is 0. The maximum atomic E-state index is 5.00. The number of aryl methyl sites for hydroxylation is 1. The Hall–Kier alpha value is -3.20. The van der Waals surface area contributed by atoms with Gasteiger partial charge in [-0.2, -0.15) is 29.7 Å². The quantitative estimate of drug-likeness (QED) is 0.235. The Kier molecular flexibility index (Phi) is 7.18. The second-order valence-electron chi connectivity index (χ2n) is 7.40. The van der Waals surface area contributed by atoms with Gasteiger partial charge in [0, 0.05) is 24.5 Å². The third-order valence-electron chi connectivity index (χ3n) is 5.43. The number of nitrogens with zero attached hydrogens (tertiary/aromatic N) is 3. The summed E-state index contributed by atoms with van der Waals surface area (Å²) >= 11 is 0. The van der Waals surface area contributed by atoms with Gasteiger partial charge in [-0.15, -0.1) is 0 Å². The summed E-state index contributed by atoms with van der Waals surface area (Å²) in [4.78, 5) is 2.35. The van der Waals surface area contributed by atoms with E-state index in [2.05, 4.69) is 100 Å². The van der Waals surface area contributed by atoms with Crippen molar-refractivity contribution in [2.45, 2.75) is 34.1 Å². The smallest absolute Gasteiger partial charge is 0.0655 e. The molecule has 0 aliphatic carbocycles. The Morgan fingerprint density at radius 2 is 1.23 bits per heavy atom. The molecule has 0 radical (unpaired) electrons. The highest BCUT2D eigenvalue weighted by Gasteiger charge is 2.09. The van der Waals surface area contributed by atoms with Crippen LogP contribution in [0.2, 0.25) is 0 Å². The molecule has 3 nitrogen and oxygen atoms in total. The largest absolute Gasteiger partial charge is 0.372 e. The van der Waals surface area contributed by atoms with E-state index in [1.165, 1.54) is 11.3 Å². The van der Waals surface area contributed by atoms with E-state index in [4.69, 9.17) is 5.10 Å². The second-order valence-corrected chi connectivity index (χ2v) is 7.40. The average molecular weight is 399 g/mol. The maximum Gasteiger partial charge on any atom is 0.0655 e. The lowest BCUT2D eigenvalue weighted by atomic mass is 10.1. The molecule has 3 heteroatoms. The summed E-state index contributed by atoms with van der Waals surface area (Å²) in [7, 11) is 0. The molecule has 0 saturated carbocycles. The lowest BCUT2D eigenvalue weighted by Gasteiger charge is -2.23. The van der Waals surface area contributed by atoms with Gasteiger partial charge >= 0.3 is 0 Å². The van der Waals surface area contributed by atoms with Crippen molar-refractivity contribution in [3.8, 4) is 0 Å². The van der Waals surface area contributed by atoms with E-state index in [-0.39, 0.29) is 0 Å². The van der Waals surface area contributed by atoms with Gasteiger partial charge in [0.2, 0.25) is 0 Å². The molecule has 30 heavy (non-hydrogen) atoms. The van der Waals surface area contributed by atoms with Crippen LogP contribution in [0.4, 0.5) is 17.1 Å². The first kappa shape index (κ1) is 21.5.